The van der Waals surface area contributed by atoms with Crippen LogP contribution in [0.15, 0.2) is 18.2 Å². The van der Waals surface area contributed by atoms with E-state index in [1.807, 2.05) is 0 Å². The van der Waals surface area contributed by atoms with Gasteiger partial charge in [-0.2, -0.15) is 22.0 Å². The van der Waals surface area contributed by atoms with Gasteiger partial charge in [-0.3, -0.25) is 4.79 Å². The summed E-state index contributed by atoms with van der Waals surface area (Å²) in [6.07, 6.45) is -3.94. The second-order valence-corrected chi connectivity index (χ2v) is 9.40. The van der Waals surface area contributed by atoms with Gasteiger partial charge in [0.05, 0.1) is 22.6 Å². The highest BCUT2D eigenvalue weighted by Gasteiger charge is 2.35. The first-order chi connectivity index (χ1) is 14.4. The van der Waals surface area contributed by atoms with Crippen LogP contribution < -0.4 is 15.8 Å². The molecule has 1 saturated heterocycles. The molecule has 3 N–H and O–H groups in total. The average Bonchev–Trinajstić information content (AvgIpc) is 2.64. The number of hydrogen-bond acceptors (Lipinski definition) is 6. The van der Waals surface area contributed by atoms with Gasteiger partial charge in [0.15, 0.2) is 9.84 Å². The number of alkyl halides is 5. The normalized spacial score (nSPS) is 18.8. The quantitative estimate of drug-likeness (QED) is 0.654. The van der Waals surface area contributed by atoms with Crippen molar-refractivity contribution >= 4 is 32.3 Å². The van der Waals surface area contributed by atoms with Crippen LogP contribution in [0.3, 0.4) is 0 Å². The number of sulfone groups is 1. The zero-order valence-corrected chi connectivity index (χ0v) is 16.7. The summed E-state index contributed by atoms with van der Waals surface area (Å²) in [5, 5.41) is 2.16. The van der Waals surface area contributed by atoms with Gasteiger partial charge < -0.3 is 15.8 Å². The Morgan fingerprint density at radius 1 is 1.29 bits per heavy atom. The number of benzene rings is 1. The van der Waals surface area contributed by atoms with Gasteiger partial charge in [-0.05, 0) is 37.0 Å². The first-order valence-electron chi connectivity index (χ1n) is 9.10. The molecule has 1 unspecified atom stereocenters. The van der Waals surface area contributed by atoms with Crippen molar-refractivity contribution < 1.29 is 39.9 Å². The summed E-state index contributed by atoms with van der Waals surface area (Å²) >= 11 is 0. The topological polar surface area (TPSA) is 111 Å². The number of fused-ring (bicyclic) bond motifs is 1. The maximum Gasteiger partial charge on any atom is 0.418 e. The van der Waals surface area contributed by atoms with E-state index in [1.54, 1.807) is 0 Å². The zero-order valence-electron chi connectivity index (χ0n) is 15.9. The number of carbonyl (C=O) groups is 1. The number of pyridine rings is 1. The fourth-order valence-electron chi connectivity index (χ4n) is 3.44. The summed E-state index contributed by atoms with van der Waals surface area (Å²) < 4.78 is 92.8. The molecule has 31 heavy (non-hydrogen) atoms. The van der Waals surface area contributed by atoms with Crippen LogP contribution in [-0.4, -0.2) is 44.0 Å². The molecule has 1 aromatic heterocycles. The molecule has 1 atom stereocenters. The Hall–Kier alpha value is -2.70. The Kier molecular flexibility index (Phi) is 6.25. The molecule has 7 nitrogen and oxygen atoms in total. The Bertz CT molecular complexity index is 1110. The number of halogens is 5. The number of carbonyl (C=O) groups excluding carboxylic acids is 1. The number of nitrogens with two attached hydrogens (primary N) is 1. The molecule has 1 amide bonds. The van der Waals surface area contributed by atoms with E-state index >= 15 is 0 Å². The van der Waals surface area contributed by atoms with Gasteiger partial charge in [-0.1, -0.05) is 0 Å². The van der Waals surface area contributed by atoms with Crippen LogP contribution in [0.25, 0.3) is 10.9 Å². The molecular weight excluding hydrogens is 449 g/mol. The zero-order chi connectivity index (χ0) is 23.0. The maximum atomic E-state index is 13.5. The largest absolute Gasteiger partial charge is 0.435 e. The van der Waals surface area contributed by atoms with Crippen molar-refractivity contribution in [3.05, 3.63) is 29.5 Å². The molecular formula is C18H18F5N3O4S. The number of nitrogens with one attached hydrogen (secondary N) is 1. The molecule has 3 rings (SSSR count). The van der Waals surface area contributed by atoms with Crippen LogP contribution in [0.2, 0.25) is 0 Å². The van der Waals surface area contributed by atoms with Gasteiger partial charge in [0.2, 0.25) is 0 Å². The first-order valence-corrected chi connectivity index (χ1v) is 10.9. The van der Waals surface area contributed by atoms with Crippen molar-refractivity contribution in [2.75, 3.05) is 23.8 Å². The number of amides is 1. The molecule has 0 spiro atoms. The van der Waals surface area contributed by atoms with Crippen LogP contribution in [0.4, 0.5) is 27.6 Å². The third-order valence-electron chi connectivity index (χ3n) is 4.79. The second-order valence-electron chi connectivity index (χ2n) is 7.17. The molecule has 0 bridgehead atoms. The number of hydrogen-bond donors (Lipinski definition) is 2. The molecule has 13 heteroatoms. The molecule has 170 valence electrons. The minimum atomic E-state index is -4.98. The maximum absolute atomic E-state index is 13.5. The SMILES string of the molecule is Nc1cc(C(=O)NCC2CCCS(=O)(=O)C2)nc2c(C(F)(F)F)cc(OC(F)F)cc12. The predicted octanol–water partition coefficient (Wildman–Crippen LogP) is 2.99. The average molecular weight is 467 g/mol. The van der Waals surface area contributed by atoms with Crippen molar-refractivity contribution in [2.24, 2.45) is 5.92 Å². The van der Waals surface area contributed by atoms with Crippen molar-refractivity contribution in [1.82, 2.24) is 10.3 Å². The van der Waals surface area contributed by atoms with Crippen LogP contribution >= 0.6 is 0 Å². The number of aromatic nitrogens is 1. The number of anilines is 1. The monoisotopic (exact) mass is 467 g/mol. The highest BCUT2D eigenvalue weighted by molar-refractivity contribution is 7.91. The standard InChI is InChI=1S/C18H18F5N3O4S/c19-17(20)30-10-4-11-13(24)6-14(26-15(11)12(5-10)18(21,22)23)16(27)25-7-9-2-1-3-31(28,29)8-9/h4-6,9,17H,1-3,7-8H2,(H2,24,26)(H,25,27). The van der Waals surface area contributed by atoms with E-state index in [4.69, 9.17) is 5.73 Å². The van der Waals surface area contributed by atoms with Gasteiger partial charge in [0.1, 0.15) is 11.4 Å². The third-order valence-corrected chi connectivity index (χ3v) is 6.68. The van der Waals surface area contributed by atoms with E-state index in [2.05, 4.69) is 15.0 Å². The highest BCUT2D eigenvalue weighted by atomic mass is 32.2. The lowest BCUT2D eigenvalue weighted by atomic mass is 10.0. The lowest BCUT2D eigenvalue weighted by Gasteiger charge is -2.22. The Labute approximate surface area is 173 Å². The minimum Gasteiger partial charge on any atom is -0.435 e. The van der Waals surface area contributed by atoms with Crippen LogP contribution in [0, 0.1) is 5.92 Å². The summed E-state index contributed by atoms with van der Waals surface area (Å²) in [5.41, 5.74) is 2.98. The lowest BCUT2D eigenvalue weighted by Crippen LogP contribution is -2.36. The molecule has 2 heterocycles. The number of ether oxygens (including phenoxy) is 1. The molecule has 1 aliphatic heterocycles. The summed E-state index contributed by atoms with van der Waals surface area (Å²) in [5.74, 6) is -1.92. The summed E-state index contributed by atoms with van der Waals surface area (Å²) in [4.78, 5) is 16.2. The number of rotatable bonds is 5. The van der Waals surface area contributed by atoms with Gasteiger partial charge in [-0.15, -0.1) is 0 Å². The van der Waals surface area contributed by atoms with Crippen LogP contribution in [-0.2, 0) is 16.0 Å². The highest BCUT2D eigenvalue weighted by Crippen LogP contribution is 2.39. The van der Waals surface area contributed by atoms with Gasteiger partial charge in [0, 0.05) is 17.6 Å². The smallest absolute Gasteiger partial charge is 0.418 e. The van der Waals surface area contributed by atoms with Crippen LogP contribution in [0.5, 0.6) is 5.75 Å². The van der Waals surface area contributed by atoms with E-state index in [-0.39, 0.29) is 35.0 Å². The molecule has 0 saturated carbocycles. The molecule has 1 aliphatic rings. The minimum absolute atomic E-state index is 0.00494. The fourth-order valence-corrected chi connectivity index (χ4v) is 5.21. The Morgan fingerprint density at radius 2 is 2.00 bits per heavy atom. The van der Waals surface area contributed by atoms with Crippen molar-refractivity contribution in [1.29, 1.82) is 0 Å². The fraction of sp³-hybridized carbons (Fsp3) is 0.444. The second kappa shape index (κ2) is 8.44. The third kappa shape index (κ3) is 5.51. The van der Waals surface area contributed by atoms with Gasteiger partial charge >= 0.3 is 12.8 Å². The lowest BCUT2D eigenvalue weighted by molar-refractivity contribution is -0.136. The summed E-state index contributed by atoms with van der Waals surface area (Å²) in [7, 11) is -3.19. The number of nitrogen functional groups attached to an aromatic ring is 1. The van der Waals surface area contributed by atoms with Crippen molar-refractivity contribution in [3.8, 4) is 5.75 Å². The molecule has 1 aromatic carbocycles. The van der Waals surface area contributed by atoms with Crippen LogP contribution in [0.1, 0.15) is 28.9 Å². The van der Waals surface area contributed by atoms with E-state index in [0.29, 0.717) is 18.9 Å². The van der Waals surface area contributed by atoms with Gasteiger partial charge in [0.25, 0.3) is 5.91 Å². The predicted molar refractivity (Wildman–Crippen MR) is 102 cm³/mol. The molecule has 2 aromatic rings. The molecule has 0 aliphatic carbocycles. The van der Waals surface area contributed by atoms with E-state index in [0.717, 1.165) is 12.1 Å². The molecule has 1 fully saturated rings. The number of nitrogens with zero attached hydrogens (tertiary/aromatic N) is 1. The Morgan fingerprint density at radius 3 is 2.61 bits per heavy atom. The Balaban J connectivity index is 1.92. The van der Waals surface area contributed by atoms with Gasteiger partial charge in [-0.25, -0.2) is 13.4 Å². The van der Waals surface area contributed by atoms with E-state index in [1.165, 1.54) is 0 Å². The molecule has 0 radical (unpaired) electrons. The first kappa shape index (κ1) is 23.0. The van der Waals surface area contributed by atoms with E-state index in [9.17, 15) is 35.2 Å². The summed E-state index contributed by atoms with van der Waals surface area (Å²) in [6, 6.07) is 2.25. The van der Waals surface area contributed by atoms with E-state index < -0.39 is 51.1 Å². The van der Waals surface area contributed by atoms with Crippen molar-refractivity contribution in [3.63, 3.8) is 0 Å². The van der Waals surface area contributed by atoms with Crippen molar-refractivity contribution in [2.45, 2.75) is 25.6 Å². The summed E-state index contributed by atoms with van der Waals surface area (Å²) in [6.45, 7) is -3.34.